The Morgan fingerprint density at radius 3 is 2.30 bits per heavy atom. The zero-order chi connectivity index (χ0) is 17.0. The topological polar surface area (TPSA) is 26.3 Å². The number of hydrogen-bond donors (Lipinski definition) is 0. The monoisotopic (exact) mass is 346 g/mol. The fourth-order valence-electron chi connectivity index (χ4n) is 2.87. The van der Waals surface area contributed by atoms with Crippen LogP contribution < -0.4 is 4.74 Å². The van der Waals surface area contributed by atoms with E-state index in [1.54, 1.807) is 7.11 Å². The van der Waals surface area contributed by atoms with Gasteiger partial charge in [0, 0.05) is 16.0 Å². The van der Waals surface area contributed by atoms with Crippen molar-refractivity contribution in [3.63, 3.8) is 0 Å². The minimum Gasteiger partial charge on any atom is -0.496 e. The number of ether oxygens (including phenoxy) is 1. The van der Waals surface area contributed by atoms with Gasteiger partial charge in [0.1, 0.15) is 21.2 Å². The Balaban J connectivity index is 2.57. The normalized spacial score (nSPS) is 10.7. The van der Waals surface area contributed by atoms with Crippen molar-refractivity contribution in [3.8, 4) is 5.75 Å². The highest BCUT2D eigenvalue weighted by molar-refractivity contribution is 8.21. The molecular weight excluding hydrogens is 324 g/mol. The van der Waals surface area contributed by atoms with Gasteiger partial charge in [0.2, 0.25) is 0 Å². The number of thioether (sulfide) groups is 1. The van der Waals surface area contributed by atoms with Crippen molar-refractivity contribution in [2.24, 2.45) is 0 Å². The molecule has 0 bridgehead atoms. The van der Waals surface area contributed by atoms with Crippen LogP contribution in [0.15, 0.2) is 41.3 Å². The largest absolute Gasteiger partial charge is 0.496 e. The van der Waals surface area contributed by atoms with Gasteiger partial charge in [-0.25, -0.2) is 4.21 Å². The molecule has 2 aromatic carbocycles. The van der Waals surface area contributed by atoms with Crippen LogP contribution in [0.1, 0.15) is 42.0 Å². The van der Waals surface area contributed by atoms with E-state index in [2.05, 4.69) is 20.8 Å². The molecule has 122 valence electrons. The molecule has 0 atom stereocenters. The van der Waals surface area contributed by atoms with E-state index in [1.165, 1.54) is 17.3 Å². The zero-order valence-corrected chi connectivity index (χ0v) is 15.8. The van der Waals surface area contributed by atoms with Crippen LogP contribution in [0.25, 0.3) is 0 Å². The van der Waals surface area contributed by atoms with Gasteiger partial charge in [-0.2, -0.15) is 0 Å². The van der Waals surface area contributed by atoms with Gasteiger partial charge in [0.15, 0.2) is 0 Å². The zero-order valence-electron chi connectivity index (χ0n) is 14.2. The average Bonchev–Trinajstić information content (AvgIpc) is 2.53. The van der Waals surface area contributed by atoms with Gasteiger partial charge in [-0.3, -0.25) is 0 Å². The number of rotatable bonds is 4. The second-order valence-electron chi connectivity index (χ2n) is 5.75. The van der Waals surface area contributed by atoms with Crippen LogP contribution in [0.5, 0.6) is 5.75 Å². The highest BCUT2D eigenvalue weighted by atomic mass is 32.2. The van der Waals surface area contributed by atoms with Crippen LogP contribution >= 0.6 is 11.8 Å². The Kier molecular flexibility index (Phi) is 6.08. The van der Waals surface area contributed by atoms with Crippen LogP contribution in [0.3, 0.4) is 0 Å². The van der Waals surface area contributed by atoms with Gasteiger partial charge in [-0.1, -0.05) is 43.8 Å². The minimum absolute atomic E-state index is 0.337. The lowest BCUT2D eigenvalue weighted by Gasteiger charge is -2.20. The Morgan fingerprint density at radius 1 is 1.13 bits per heavy atom. The Bertz CT molecular complexity index is 746. The SMILES string of the molecule is COc1cc(C)c(C(Sc2ccccc2)=S=O)c(C)c1C(C)C. The number of methoxy groups -OCH3 is 1. The maximum Gasteiger partial charge on any atom is 0.122 e. The lowest BCUT2D eigenvalue weighted by atomic mass is 9.91. The van der Waals surface area contributed by atoms with Crippen molar-refractivity contribution in [1.82, 2.24) is 0 Å². The first kappa shape index (κ1) is 17.8. The van der Waals surface area contributed by atoms with E-state index in [0.717, 1.165) is 31.5 Å². The summed E-state index contributed by atoms with van der Waals surface area (Å²) in [7, 11) is 1.70. The van der Waals surface area contributed by atoms with Crippen molar-refractivity contribution < 1.29 is 8.95 Å². The smallest absolute Gasteiger partial charge is 0.122 e. The predicted molar refractivity (Wildman–Crippen MR) is 101 cm³/mol. The van der Waals surface area contributed by atoms with Crippen molar-refractivity contribution >= 4 is 27.2 Å². The molecule has 0 unspecified atom stereocenters. The molecule has 0 spiro atoms. The highest BCUT2D eigenvalue weighted by Gasteiger charge is 2.20. The van der Waals surface area contributed by atoms with Crippen LogP contribution in [0.4, 0.5) is 0 Å². The molecule has 4 heteroatoms. The Hall–Kier alpha value is -1.52. The van der Waals surface area contributed by atoms with E-state index < -0.39 is 0 Å². The summed E-state index contributed by atoms with van der Waals surface area (Å²) in [6.45, 7) is 8.43. The molecule has 0 heterocycles. The molecule has 0 fully saturated rings. The highest BCUT2D eigenvalue weighted by Crippen LogP contribution is 2.36. The van der Waals surface area contributed by atoms with Crippen molar-refractivity contribution in [2.45, 2.75) is 38.5 Å². The quantitative estimate of drug-likeness (QED) is 0.581. The summed E-state index contributed by atoms with van der Waals surface area (Å²) in [6.07, 6.45) is 0. The fraction of sp³-hybridized carbons (Fsp3) is 0.316. The van der Waals surface area contributed by atoms with Crippen molar-refractivity contribution in [2.75, 3.05) is 7.11 Å². The third-order valence-electron chi connectivity index (χ3n) is 3.82. The molecule has 2 nitrogen and oxygen atoms in total. The number of aryl methyl sites for hydroxylation is 1. The first-order valence-electron chi connectivity index (χ1n) is 7.57. The predicted octanol–water partition coefficient (Wildman–Crippen LogP) is 4.92. The molecule has 0 saturated carbocycles. The van der Waals surface area contributed by atoms with E-state index in [4.69, 9.17) is 4.74 Å². The van der Waals surface area contributed by atoms with Gasteiger partial charge in [-0.15, -0.1) is 0 Å². The summed E-state index contributed by atoms with van der Waals surface area (Å²) in [5.41, 5.74) is 4.43. The van der Waals surface area contributed by atoms with E-state index in [9.17, 15) is 4.21 Å². The van der Waals surface area contributed by atoms with Gasteiger partial charge in [0.05, 0.1) is 7.11 Å². The second kappa shape index (κ2) is 7.84. The standard InChI is InChI=1S/C19H22O2S2/c1-12(2)17-14(4)18(13(3)11-16(17)21-5)19(23-20)22-15-9-7-6-8-10-15/h6-12H,1-5H3. The van der Waals surface area contributed by atoms with Crippen LogP contribution in [0, 0.1) is 13.8 Å². The molecule has 0 radical (unpaired) electrons. The molecule has 0 aliphatic rings. The van der Waals surface area contributed by atoms with Gasteiger partial charge in [0.25, 0.3) is 0 Å². The molecule has 2 rings (SSSR count). The summed E-state index contributed by atoms with van der Waals surface area (Å²) in [5.74, 6) is 1.24. The van der Waals surface area contributed by atoms with E-state index in [-0.39, 0.29) is 0 Å². The molecule has 2 aromatic rings. The van der Waals surface area contributed by atoms with Crippen molar-refractivity contribution in [3.05, 3.63) is 58.7 Å². The molecule has 0 N–H and O–H groups in total. The molecule has 0 aromatic heterocycles. The Morgan fingerprint density at radius 2 is 1.78 bits per heavy atom. The second-order valence-corrected chi connectivity index (χ2v) is 7.67. The first-order chi connectivity index (χ1) is 11.0. The maximum atomic E-state index is 11.8. The average molecular weight is 347 g/mol. The number of benzene rings is 2. The van der Waals surface area contributed by atoms with Crippen LogP contribution in [0.2, 0.25) is 0 Å². The summed E-state index contributed by atoms with van der Waals surface area (Å²) >= 11 is 2.10. The van der Waals surface area contributed by atoms with E-state index >= 15 is 0 Å². The van der Waals surface area contributed by atoms with Gasteiger partial charge < -0.3 is 4.74 Å². The van der Waals surface area contributed by atoms with E-state index in [1.807, 2.05) is 43.3 Å². The van der Waals surface area contributed by atoms with Crippen LogP contribution in [-0.2, 0) is 11.3 Å². The minimum atomic E-state index is 0.337. The fourth-order valence-corrected chi connectivity index (χ4v) is 4.61. The van der Waals surface area contributed by atoms with Gasteiger partial charge >= 0.3 is 0 Å². The summed E-state index contributed by atoms with van der Waals surface area (Å²) < 4.78 is 18.1. The maximum absolute atomic E-state index is 11.8. The van der Waals surface area contributed by atoms with E-state index in [0.29, 0.717) is 17.2 Å². The molecule has 0 saturated heterocycles. The summed E-state index contributed by atoms with van der Waals surface area (Å²) in [5, 5.41) is 0. The molecule has 0 aliphatic carbocycles. The van der Waals surface area contributed by atoms with Crippen molar-refractivity contribution in [1.29, 1.82) is 0 Å². The molecule has 0 amide bonds. The molecule has 23 heavy (non-hydrogen) atoms. The number of hydrogen-bond acceptors (Lipinski definition) is 3. The van der Waals surface area contributed by atoms with Gasteiger partial charge in [-0.05, 0) is 49.1 Å². The van der Waals surface area contributed by atoms with Crippen LogP contribution in [-0.4, -0.2) is 15.5 Å². The molecular formula is C19H22O2S2. The third kappa shape index (κ3) is 3.88. The summed E-state index contributed by atoms with van der Waals surface area (Å²) in [4.78, 5) is 1.08. The molecule has 0 aliphatic heterocycles. The lowest BCUT2D eigenvalue weighted by Crippen LogP contribution is -2.08. The summed E-state index contributed by atoms with van der Waals surface area (Å²) in [6, 6.07) is 12.1. The Labute approximate surface area is 146 Å². The third-order valence-corrected chi connectivity index (χ3v) is 5.52. The lowest BCUT2D eigenvalue weighted by molar-refractivity contribution is 0.406. The first-order valence-corrected chi connectivity index (χ1v) is 9.13.